The van der Waals surface area contributed by atoms with Crippen LogP contribution in [0.5, 0.6) is 5.75 Å². The lowest BCUT2D eigenvalue weighted by Crippen LogP contribution is -2.41. The number of halogens is 4. The molecule has 0 radical (unpaired) electrons. The number of fused-ring (bicyclic) bond motifs is 3. The van der Waals surface area contributed by atoms with Crippen LogP contribution in [-0.2, 0) is 0 Å². The first-order chi connectivity index (χ1) is 13.8. The summed E-state index contributed by atoms with van der Waals surface area (Å²) >= 11 is 0. The molecular weight excluding hydrogens is 380 g/mol. The van der Waals surface area contributed by atoms with Gasteiger partial charge in [0.15, 0.2) is 11.6 Å². The predicted octanol–water partition coefficient (Wildman–Crippen LogP) is 7.63. The molecule has 0 amide bonds. The van der Waals surface area contributed by atoms with Crippen molar-refractivity contribution in [2.24, 2.45) is 29.6 Å². The Morgan fingerprint density at radius 1 is 0.931 bits per heavy atom. The standard InChI is InChI=1S/C24H30F4O/c1-2-3-15-4-9-20-18(12-15)5-6-19-13-16(7-10-21(19)20)17-8-11-23(22(25)14-17)29-24(26,27)28/h2-3,8,11,14-16,18-21H,4-7,9-10,12-13H2,1H3/t15-,16-,18-,19+,20+,21+/m1/s1. The first-order valence-electron chi connectivity index (χ1n) is 11.0. The van der Waals surface area contributed by atoms with Gasteiger partial charge in [-0.05, 0) is 111 Å². The minimum Gasteiger partial charge on any atom is -0.403 e. The second-order valence-corrected chi connectivity index (χ2v) is 9.27. The van der Waals surface area contributed by atoms with Crippen LogP contribution in [0.2, 0.25) is 0 Å². The monoisotopic (exact) mass is 410 g/mol. The zero-order chi connectivity index (χ0) is 20.6. The van der Waals surface area contributed by atoms with Crippen molar-refractivity contribution in [3.8, 4) is 5.75 Å². The minimum absolute atomic E-state index is 0.238. The quantitative estimate of drug-likeness (QED) is 0.368. The third-order valence-corrected chi connectivity index (χ3v) is 7.70. The van der Waals surface area contributed by atoms with Gasteiger partial charge in [0.05, 0.1) is 0 Å². The molecule has 1 aromatic rings. The molecule has 3 aliphatic carbocycles. The number of benzene rings is 1. The van der Waals surface area contributed by atoms with Gasteiger partial charge in [0.1, 0.15) is 0 Å². The molecule has 6 atom stereocenters. The fourth-order valence-electron chi connectivity index (χ4n) is 6.56. The highest BCUT2D eigenvalue weighted by molar-refractivity contribution is 5.32. The Morgan fingerprint density at radius 2 is 1.62 bits per heavy atom. The van der Waals surface area contributed by atoms with Crippen molar-refractivity contribution in [2.75, 3.05) is 0 Å². The maximum absolute atomic E-state index is 14.2. The number of ether oxygens (including phenoxy) is 1. The van der Waals surface area contributed by atoms with Crippen LogP contribution >= 0.6 is 0 Å². The van der Waals surface area contributed by atoms with E-state index in [1.54, 1.807) is 6.07 Å². The fraction of sp³-hybridized carbons (Fsp3) is 0.667. The van der Waals surface area contributed by atoms with E-state index in [-0.39, 0.29) is 5.92 Å². The smallest absolute Gasteiger partial charge is 0.403 e. The zero-order valence-electron chi connectivity index (χ0n) is 16.9. The fourth-order valence-corrected chi connectivity index (χ4v) is 6.56. The van der Waals surface area contributed by atoms with E-state index in [0.29, 0.717) is 5.92 Å². The molecule has 0 bridgehead atoms. The first kappa shape index (κ1) is 20.7. The molecule has 29 heavy (non-hydrogen) atoms. The molecule has 1 nitrogen and oxygen atoms in total. The van der Waals surface area contributed by atoms with E-state index < -0.39 is 17.9 Å². The van der Waals surface area contributed by atoms with E-state index >= 15 is 0 Å². The average molecular weight is 410 g/mol. The second kappa shape index (κ2) is 8.31. The van der Waals surface area contributed by atoms with E-state index in [1.165, 1.54) is 38.2 Å². The topological polar surface area (TPSA) is 9.23 Å². The molecule has 0 saturated heterocycles. The van der Waals surface area contributed by atoms with Gasteiger partial charge in [-0.15, -0.1) is 13.2 Å². The van der Waals surface area contributed by atoms with Crippen LogP contribution in [0.25, 0.3) is 0 Å². The summed E-state index contributed by atoms with van der Waals surface area (Å²) in [6.45, 7) is 2.11. The van der Waals surface area contributed by atoms with Gasteiger partial charge in [0, 0.05) is 0 Å². The molecule has 3 saturated carbocycles. The Morgan fingerprint density at radius 3 is 2.28 bits per heavy atom. The van der Waals surface area contributed by atoms with Crippen molar-refractivity contribution in [3.05, 3.63) is 41.7 Å². The Bertz CT molecular complexity index is 741. The molecule has 0 aliphatic heterocycles. The number of allylic oxidation sites excluding steroid dienone is 2. The van der Waals surface area contributed by atoms with E-state index in [0.717, 1.165) is 54.6 Å². The third-order valence-electron chi connectivity index (χ3n) is 7.70. The van der Waals surface area contributed by atoms with Gasteiger partial charge in [-0.1, -0.05) is 18.2 Å². The summed E-state index contributed by atoms with van der Waals surface area (Å²) in [4.78, 5) is 0. The van der Waals surface area contributed by atoms with Crippen molar-refractivity contribution in [2.45, 2.75) is 70.6 Å². The molecule has 0 spiro atoms. The van der Waals surface area contributed by atoms with Crippen LogP contribution < -0.4 is 4.74 Å². The molecule has 160 valence electrons. The normalized spacial score (nSPS) is 35.2. The number of rotatable bonds is 3. The second-order valence-electron chi connectivity index (χ2n) is 9.27. The lowest BCUT2D eigenvalue weighted by molar-refractivity contribution is -0.275. The largest absolute Gasteiger partial charge is 0.573 e. The Kier molecular flexibility index (Phi) is 5.94. The lowest BCUT2D eigenvalue weighted by atomic mass is 9.55. The first-order valence-corrected chi connectivity index (χ1v) is 11.0. The summed E-state index contributed by atoms with van der Waals surface area (Å²) in [6.07, 6.45) is 9.36. The van der Waals surface area contributed by atoms with Crippen LogP contribution in [0, 0.1) is 35.4 Å². The molecular formula is C24H30F4O. The highest BCUT2D eigenvalue weighted by Crippen LogP contribution is 2.55. The van der Waals surface area contributed by atoms with Crippen LogP contribution in [-0.4, -0.2) is 6.36 Å². The van der Waals surface area contributed by atoms with Crippen molar-refractivity contribution in [1.29, 1.82) is 0 Å². The van der Waals surface area contributed by atoms with Crippen LogP contribution in [0.1, 0.15) is 69.8 Å². The molecule has 3 fully saturated rings. The van der Waals surface area contributed by atoms with Gasteiger partial charge < -0.3 is 4.74 Å². The van der Waals surface area contributed by atoms with Gasteiger partial charge in [-0.3, -0.25) is 0 Å². The van der Waals surface area contributed by atoms with Crippen molar-refractivity contribution >= 4 is 0 Å². The molecule has 5 heteroatoms. The molecule has 0 unspecified atom stereocenters. The summed E-state index contributed by atoms with van der Waals surface area (Å²) in [6, 6.07) is 3.99. The summed E-state index contributed by atoms with van der Waals surface area (Å²) in [5.41, 5.74) is 0.814. The highest BCUT2D eigenvalue weighted by Gasteiger charge is 2.44. The maximum Gasteiger partial charge on any atom is 0.573 e. The van der Waals surface area contributed by atoms with E-state index in [4.69, 9.17) is 0 Å². The average Bonchev–Trinajstić information content (AvgIpc) is 2.68. The summed E-state index contributed by atoms with van der Waals surface area (Å²) in [7, 11) is 0. The lowest BCUT2D eigenvalue weighted by Gasteiger charge is -2.50. The van der Waals surface area contributed by atoms with Gasteiger partial charge in [0.2, 0.25) is 0 Å². The van der Waals surface area contributed by atoms with Gasteiger partial charge in [-0.25, -0.2) is 4.39 Å². The summed E-state index contributed by atoms with van der Waals surface area (Å²) in [5.74, 6) is 2.43. The van der Waals surface area contributed by atoms with Crippen LogP contribution in [0.4, 0.5) is 17.6 Å². The van der Waals surface area contributed by atoms with Crippen molar-refractivity contribution in [3.63, 3.8) is 0 Å². The van der Waals surface area contributed by atoms with Crippen molar-refractivity contribution < 1.29 is 22.3 Å². The number of hydrogen-bond acceptors (Lipinski definition) is 1. The van der Waals surface area contributed by atoms with Gasteiger partial charge in [-0.2, -0.15) is 0 Å². The van der Waals surface area contributed by atoms with E-state index in [1.807, 2.05) is 0 Å². The SMILES string of the molecule is CC=C[C@@H]1CC[C@H]2[C@H](CC[C@H]3C[C@H](c4ccc(OC(F)(F)F)c(F)c4)CC[C@@H]32)C1. The highest BCUT2D eigenvalue weighted by atomic mass is 19.4. The number of hydrogen-bond donors (Lipinski definition) is 0. The summed E-state index contributed by atoms with van der Waals surface area (Å²) in [5, 5.41) is 0. The maximum atomic E-state index is 14.2. The predicted molar refractivity (Wildman–Crippen MR) is 105 cm³/mol. The molecule has 0 aromatic heterocycles. The minimum atomic E-state index is -4.87. The Labute approximate surface area is 170 Å². The molecule has 0 N–H and O–H groups in total. The summed E-state index contributed by atoms with van der Waals surface area (Å²) < 4.78 is 55.0. The Balaban J connectivity index is 1.41. The van der Waals surface area contributed by atoms with Gasteiger partial charge >= 0.3 is 6.36 Å². The Hall–Kier alpha value is -1.52. The molecule has 3 aliphatic rings. The van der Waals surface area contributed by atoms with E-state index in [9.17, 15) is 17.6 Å². The van der Waals surface area contributed by atoms with E-state index in [2.05, 4.69) is 23.8 Å². The molecule has 1 aromatic carbocycles. The van der Waals surface area contributed by atoms with Gasteiger partial charge in [0.25, 0.3) is 0 Å². The molecule has 0 heterocycles. The molecule has 4 rings (SSSR count). The van der Waals surface area contributed by atoms with Crippen molar-refractivity contribution in [1.82, 2.24) is 0 Å². The third kappa shape index (κ3) is 4.64. The van der Waals surface area contributed by atoms with Crippen LogP contribution in [0.3, 0.4) is 0 Å². The van der Waals surface area contributed by atoms with Crippen LogP contribution in [0.15, 0.2) is 30.4 Å². The number of alkyl halides is 3. The zero-order valence-corrected chi connectivity index (χ0v) is 16.9.